The molecule has 0 saturated carbocycles. The Morgan fingerprint density at radius 3 is 2.33 bits per heavy atom. The minimum Gasteiger partial charge on any atom is -0.478 e. The number of ether oxygens (including phenoxy) is 1. The molecule has 0 rings (SSSR count). The van der Waals surface area contributed by atoms with Gasteiger partial charge in [0, 0.05) is 18.1 Å². The molecular weight excluding hydrogens is 196 g/mol. The molecule has 0 heterocycles. The number of carboxylic acid groups (broad SMARTS) is 1. The van der Waals surface area contributed by atoms with Crippen molar-refractivity contribution in [1.82, 2.24) is 0 Å². The Labute approximate surface area is 89.2 Å². The standard InChI is InChI=1S/C11H16O4/c1-5-8(2)11(3,4)15-10(14)7-6-9(12)13/h5-8H,1H2,2-4H3,(H,12,13). The quantitative estimate of drug-likeness (QED) is 0.428. The van der Waals surface area contributed by atoms with Crippen molar-refractivity contribution in [3.8, 4) is 0 Å². The molecule has 0 saturated heterocycles. The number of hydrogen-bond acceptors (Lipinski definition) is 3. The van der Waals surface area contributed by atoms with Crippen LogP contribution in [-0.4, -0.2) is 22.6 Å². The molecule has 0 fully saturated rings. The molecule has 0 aliphatic carbocycles. The zero-order chi connectivity index (χ0) is 12.1. The molecule has 0 bridgehead atoms. The second-order valence-electron chi connectivity index (χ2n) is 3.72. The van der Waals surface area contributed by atoms with Crippen molar-refractivity contribution in [1.29, 1.82) is 0 Å². The SMILES string of the molecule is C=CC(C)C(C)(C)OC(=O)C=CC(=O)O. The predicted molar refractivity (Wildman–Crippen MR) is 56.3 cm³/mol. The number of carboxylic acids is 1. The number of hydrogen-bond donors (Lipinski definition) is 1. The lowest BCUT2D eigenvalue weighted by molar-refractivity contribution is -0.153. The zero-order valence-corrected chi connectivity index (χ0v) is 9.19. The van der Waals surface area contributed by atoms with E-state index in [0.717, 1.165) is 12.2 Å². The van der Waals surface area contributed by atoms with Crippen LogP contribution in [0.3, 0.4) is 0 Å². The van der Waals surface area contributed by atoms with Crippen LogP contribution in [0, 0.1) is 5.92 Å². The van der Waals surface area contributed by atoms with E-state index in [1.807, 2.05) is 6.92 Å². The molecule has 1 N–H and O–H groups in total. The Bertz CT molecular complexity index is 289. The Balaban J connectivity index is 4.40. The van der Waals surface area contributed by atoms with Gasteiger partial charge in [-0.1, -0.05) is 13.0 Å². The molecule has 0 amide bonds. The predicted octanol–water partition coefficient (Wildman–Crippen LogP) is 1.77. The lowest BCUT2D eigenvalue weighted by atomic mass is 9.93. The smallest absolute Gasteiger partial charge is 0.331 e. The summed E-state index contributed by atoms with van der Waals surface area (Å²) in [5.74, 6) is -1.86. The van der Waals surface area contributed by atoms with Crippen molar-refractivity contribution in [2.45, 2.75) is 26.4 Å². The van der Waals surface area contributed by atoms with Crippen LogP contribution >= 0.6 is 0 Å². The van der Waals surface area contributed by atoms with E-state index in [-0.39, 0.29) is 5.92 Å². The fraction of sp³-hybridized carbons (Fsp3) is 0.455. The van der Waals surface area contributed by atoms with Crippen molar-refractivity contribution < 1.29 is 19.4 Å². The average molecular weight is 212 g/mol. The van der Waals surface area contributed by atoms with Crippen LogP contribution in [0.2, 0.25) is 0 Å². The minimum atomic E-state index is -1.18. The topological polar surface area (TPSA) is 63.6 Å². The summed E-state index contributed by atoms with van der Waals surface area (Å²) in [6.07, 6.45) is 3.31. The molecule has 1 atom stereocenters. The fourth-order valence-corrected chi connectivity index (χ4v) is 0.809. The number of aliphatic carboxylic acids is 1. The summed E-state index contributed by atoms with van der Waals surface area (Å²) in [6, 6.07) is 0. The molecule has 1 unspecified atom stereocenters. The van der Waals surface area contributed by atoms with Crippen LogP contribution in [0.25, 0.3) is 0 Å². The Morgan fingerprint density at radius 2 is 1.93 bits per heavy atom. The van der Waals surface area contributed by atoms with E-state index in [1.54, 1.807) is 19.9 Å². The van der Waals surface area contributed by atoms with Gasteiger partial charge in [0.15, 0.2) is 0 Å². The van der Waals surface area contributed by atoms with Crippen molar-refractivity contribution in [2.24, 2.45) is 5.92 Å². The highest BCUT2D eigenvalue weighted by Crippen LogP contribution is 2.21. The van der Waals surface area contributed by atoms with Gasteiger partial charge in [-0.2, -0.15) is 0 Å². The third-order valence-electron chi connectivity index (χ3n) is 2.18. The summed E-state index contributed by atoms with van der Waals surface area (Å²) in [6.45, 7) is 8.95. The maximum Gasteiger partial charge on any atom is 0.331 e. The zero-order valence-electron chi connectivity index (χ0n) is 9.19. The van der Waals surface area contributed by atoms with Gasteiger partial charge in [-0.15, -0.1) is 6.58 Å². The van der Waals surface area contributed by atoms with E-state index >= 15 is 0 Å². The van der Waals surface area contributed by atoms with E-state index in [2.05, 4.69) is 6.58 Å². The lowest BCUT2D eigenvalue weighted by Crippen LogP contribution is -2.33. The van der Waals surface area contributed by atoms with Gasteiger partial charge >= 0.3 is 11.9 Å². The van der Waals surface area contributed by atoms with E-state index in [1.165, 1.54) is 0 Å². The minimum absolute atomic E-state index is 0.0142. The van der Waals surface area contributed by atoms with Gasteiger partial charge < -0.3 is 9.84 Å². The first-order chi connectivity index (χ1) is 6.79. The molecule has 0 aliphatic rings. The highest BCUT2D eigenvalue weighted by molar-refractivity contribution is 5.90. The summed E-state index contributed by atoms with van der Waals surface area (Å²) in [5, 5.41) is 8.31. The summed E-state index contributed by atoms with van der Waals surface area (Å²) < 4.78 is 5.08. The van der Waals surface area contributed by atoms with Crippen LogP contribution < -0.4 is 0 Å². The Kier molecular flexibility index (Phi) is 4.78. The Hall–Kier alpha value is -1.58. The van der Waals surface area contributed by atoms with Gasteiger partial charge in [0.2, 0.25) is 0 Å². The van der Waals surface area contributed by atoms with Crippen molar-refractivity contribution in [3.63, 3.8) is 0 Å². The van der Waals surface area contributed by atoms with Gasteiger partial charge in [0.05, 0.1) is 0 Å². The van der Waals surface area contributed by atoms with Crippen LogP contribution in [0.1, 0.15) is 20.8 Å². The van der Waals surface area contributed by atoms with Crippen molar-refractivity contribution in [2.75, 3.05) is 0 Å². The van der Waals surface area contributed by atoms with E-state index in [0.29, 0.717) is 0 Å². The normalized spacial score (nSPS) is 13.5. The van der Waals surface area contributed by atoms with E-state index in [4.69, 9.17) is 9.84 Å². The van der Waals surface area contributed by atoms with Crippen LogP contribution in [0.5, 0.6) is 0 Å². The third-order valence-corrected chi connectivity index (χ3v) is 2.18. The fourth-order valence-electron chi connectivity index (χ4n) is 0.809. The first-order valence-electron chi connectivity index (χ1n) is 4.56. The van der Waals surface area contributed by atoms with Crippen LogP contribution in [0.15, 0.2) is 24.8 Å². The van der Waals surface area contributed by atoms with Gasteiger partial charge in [0.25, 0.3) is 0 Å². The molecule has 0 aromatic rings. The van der Waals surface area contributed by atoms with E-state index in [9.17, 15) is 9.59 Å². The van der Waals surface area contributed by atoms with E-state index < -0.39 is 17.5 Å². The van der Waals surface area contributed by atoms with Gasteiger partial charge in [0.1, 0.15) is 5.60 Å². The average Bonchev–Trinajstić information content (AvgIpc) is 2.12. The largest absolute Gasteiger partial charge is 0.478 e. The Morgan fingerprint density at radius 1 is 1.40 bits per heavy atom. The molecule has 0 aromatic carbocycles. The molecule has 4 nitrogen and oxygen atoms in total. The first kappa shape index (κ1) is 13.4. The maximum atomic E-state index is 11.2. The monoisotopic (exact) mass is 212 g/mol. The van der Waals surface area contributed by atoms with Crippen LogP contribution in [0.4, 0.5) is 0 Å². The lowest BCUT2D eigenvalue weighted by Gasteiger charge is -2.28. The van der Waals surface area contributed by atoms with Crippen molar-refractivity contribution in [3.05, 3.63) is 24.8 Å². The van der Waals surface area contributed by atoms with Gasteiger partial charge in [-0.3, -0.25) is 0 Å². The molecule has 0 spiro atoms. The highest BCUT2D eigenvalue weighted by atomic mass is 16.6. The molecule has 0 aromatic heterocycles. The summed E-state index contributed by atoms with van der Waals surface area (Å²) >= 11 is 0. The molecule has 84 valence electrons. The highest BCUT2D eigenvalue weighted by Gasteiger charge is 2.27. The maximum absolute atomic E-state index is 11.2. The van der Waals surface area contributed by atoms with Crippen molar-refractivity contribution >= 4 is 11.9 Å². The summed E-state index contributed by atoms with van der Waals surface area (Å²) in [7, 11) is 0. The summed E-state index contributed by atoms with van der Waals surface area (Å²) in [5.41, 5.74) is -0.693. The van der Waals surface area contributed by atoms with Gasteiger partial charge in [-0.05, 0) is 13.8 Å². The van der Waals surface area contributed by atoms with Gasteiger partial charge in [-0.25, -0.2) is 9.59 Å². The summed E-state index contributed by atoms with van der Waals surface area (Å²) in [4.78, 5) is 21.3. The molecule has 15 heavy (non-hydrogen) atoms. The van der Waals surface area contributed by atoms with Crippen LogP contribution in [-0.2, 0) is 14.3 Å². The number of esters is 1. The first-order valence-corrected chi connectivity index (χ1v) is 4.56. The molecular formula is C11H16O4. The second kappa shape index (κ2) is 5.34. The molecule has 0 radical (unpaired) electrons. The number of rotatable bonds is 5. The number of carbonyl (C=O) groups excluding carboxylic acids is 1. The molecule has 0 aliphatic heterocycles. The second-order valence-corrected chi connectivity index (χ2v) is 3.72. The molecule has 4 heteroatoms. The third kappa shape index (κ3) is 5.00. The number of carbonyl (C=O) groups is 2.